The van der Waals surface area contributed by atoms with Crippen LogP contribution in [-0.4, -0.2) is 0 Å². The summed E-state index contributed by atoms with van der Waals surface area (Å²) in [6.07, 6.45) is 0. The predicted molar refractivity (Wildman–Crippen MR) is 87.5 cm³/mol. The van der Waals surface area contributed by atoms with Gasteiger partial charge in [-0.3, -0.25) is 0 Å². The van der Waals surface area contributed by atoms with Crippen molar-refractivity contribution in [2.24, 2.45) is 5.73 Å². The zero-order valence-corrected chi connectivity index (χ0v) is 14.0. The Morgan fingerprint density at radius 3 is 2.70 bits per heavy atom. The number of ether oxygens (including phenoxy) is 1. The minimum absolute atomic E-state index is 0.104. The summed E-state index contributed by atoms with van der Waals surface area (Å²) in [5.74, 6) is 0.741. The normalized spacial score (nSPS) is 12.2. The minimum Gasteiger partial charge on any atom is -0.488 e. The third-order valence-corrected chi connectivity index (χ3v) is 4.23. The van der Waals surface area contributed by atoms with E-state index < -0.39 is 0 Å². The molecular weight excluding hydrogens is 361 g/mol. The maximum Gasteiger partial charge on any atom is 0.125 e. The van der Waals surface area contributed by atoms with Gasteiger partial charge in [0.15, 0.2) is 0 Å². The maximum absolute atomic E-state index is 6.15. The van der Waals surface area contributed by atoms with Crippen molar-refractivity contribution in [2.45, 2.75) is 19.6 Å². The molecular formula is C15H14BrCl2NO. The zero-order chi connectivity index (χ0) is 14.7. The van der Waals surface area contributed by atoms with Crippen molar-refractivity contribution in [3.63, 3.8) is 0 Å². The Labute approximate surface area is 137 Å². The molecule has 0 heterocycles. The van der Waals surface area contributed by atoms with E-state index in [4.69, 9.17) is 33.7 Å². The first-order valence-electron chi connectivity index (χ1n) is 6.09. The predicted octanol–water partition coefficient (Wildman–Crippen LogP) is 5.35. The van der Waals surface area contributed by atoms with Gasteiger partial charge in [-0.1, -0.05) is 57.3 Å². The third kappa shape index (κ3) is 3.67. The van der Waals surface area contributed by atoms with Crippen LogP contribution in [0.15, 0.2) is 40.9 Å². The first-order chi connectivity index (χ1) is 9.49. The van der Waals surface area contributed by atoms with Crippen LogP contribution in [0.1, 0.15) is 24.1 Å². The van der Waals surface area contributed by atoms with Crippen molar-refractivity contribution in [3.05, 3.63) is 62.0 Å². The molecule has 2 nitrogen and oxygen atoms in total. The van der Waals surface area contributed by atoms with Gasteiger partial charge in [0.05, 0.1) is 10.0 Å². The summed E-state index contributed by atoms with van der Waals surface area (Å²) >= 11 is 15.6. The lowest BCUT2D eigenvalue weighted by Crippen LogP contribution is -2.08. The van der Waals surface area contributed by atoms with Crippen LogP contribution in [0.4, 0.5) is 0 Å². The molecule has 0 aliphatic carbocycles. The molecule has 2 aromatic rings. The first-order valence-corrected chi connectivity index (χ1v) is 7.64. The van der Waals surface area contributed by atoms with Crippen molar-refractivity contribution in [1.29, 1.82) is 0 Å². The SMILES string of the molecule is C[C@@H](N)c1ccc(Br)cc1OCc1cccc(Cl)c1Cl. The van der Waals surface area contributed by atoms with Gasteiger partial charge in [0.2, 0.25) is 0 Å². The van der Waals surface area contributed by atoms with Gasteiger partial charge in [-0.15, -0.1) is 0 Å². The number of halogens is 3. The van der Waals surface area contributed by atoms with Gasteiger partial charge in [-0.25, -0.2) is 0 Å². The number of rotatable bonds is 4. The largest absolute Gasteiger partial charge is 0.488 e. The van der Waals surface area contributed by atoms with E-state index in [2.05, 4.69) is 15.9 Å². The number of hydrogen-bond donors (Lipinski definition) is 1. The van der Waals surface area contributed by atoms with Gasteiger partial charge in [0.1, 0.15) is 12.4 Å². The van der Waals surface area contributed by atoms with E-state index in [0.717, 1.165) is 21.3 Å². The second-order valence-corrected chi connectivity index (χ2v) is 6.17. The first kappa shape index (κ1) is 15.6. The van der Waals surface area contributed by atoms with Crippen LogP contribution >= 0.6 is 39.1 Å². The Bertz CT molecular complexity index is 617. The second-order valence-electron chi connectivity index (χ2n) is 4.47. The van der Waals surface area contributed by atoms with Crippen LogP contribution in [0.5, 0.6) is 5.75 Å². The standard InChI is InChI=1S/C15H14BrCl2NO/c1-9(19)12-6-5-11(16)7-14(12)20-8-10-3-2-4-13(17)15(10)18/h2-7,9H,8,19H2,1H3/t9-/m1/s1. The molecule has 106 valence electrons. The van der Waals surface area contributed by atoms with E-state index in [0.29, 0.717) is 16.7 Å². The van der Waals surface area contributed by atoms with Gasteiger partial charge in [0, 0.05) is 21.6 Å². The number of benzene rings is 2. The number of nitrogens with two attached hydrogens (primary N) is 1. The van der Waals surface area contributed by atoms with Crippen molar-refractivity contribution in [1.82, 2.24) is 0 Å². The molecule has 2 rings (SSSR count). The van der Waals surface area contributed by atoms with Crippen LogP contribution in [-0.2, 0) is 6.61 Å². The van der Waals surface area contributed by atoms with E-state index >= 15 is 0 Å². The zero-order valence-electron chi connectivity index (χ0n) is 10.9. The average molecular weight is 375 g/mol. The molecule has 20 heavy (non-hydrogen) atoms. The summed E-state index contributed by atoms with van der Waals surface area (Å²) in [6, 6.07) is 11.2. The van der Waals surface area contributed by atoms with Gasteiger partial charge >= 0.3 is 0 Å². The van der Waals surface area contributed by atoms with E-state index in [1.807, 2.05) is 37.3 Å². The molecule has 1 atom stereocenters. The molecule has 2 N–H and O–H groups in total. The van der Waals surface area contributed by atoms with Crippen LogP contribution in [0.3, 0.4) is 0 Å². The fourth-order valence-electron chi connectivity index (χ4n) is 1.82. The summed E-state index contributed by atoms with van der Waals surface area (Å²) in [5.41, 5.74) is 7.74. The van der Waals surface area contributed by atoms with Crippen molar-refractivity contribution < 1.29 is 4.74 Å². The molecule has 0 fully saturated rings. The summed E-state index contributed by atoms with van der Waals surface area (Å²) in [6.45, 7) is 2.26. The lowest BCUT2D eigenvalue weighted by Gasteiger charge is -2.15. The van der Waals surface area contributed by atoms with Crippen molar-refractivity contribution >= 4 is 39.1 Å². The highest BCUT2D eigenvalue weighted by atomic mass is 79.9. The highest BCUT2D eigenvalue weighted by Crippen LogP contribution is 2.30. The highest BCUT2D eigenvalue weighted by molar-refractivity contribution is 9.10. The molecule has 0 unspecified atom stereocenters. The van der Waals surface area contributed by atoms with Gasteiger partial charge in [-0.2, -0.15) is 0 Å². The molecule has 0 spiro atoms. The monoisotopic (exact) mass is 373 g/mol. The van der Waals surface area contributed by atoms with E-state index in [9.17, 15) is 0 Å². The van der Waals surface area contributed by atoms with E-state index in [1.165, 1.54) is 0 Å². The maximum atomic E-state index is 6.15. The fraction of sp³-hybridized carbons (Fsp3) is 0.200. The molecule has 0 aliphatic heterocycles. The lowest BCUT2D eigenvalue weighted by atomic mass is 10.1. The minimum atomic E-state index is -0.104. The van der Waals surface area contributed by atoms with Crippen molar-refractivity contribution in [3.8, 4) is 5.75 Å². The molecule has 0 saturated carbocycles. The quantitative estimate of drug-likeness (QED) is 0.782. The van der Waals surface area contributed by atoms with Crippen LogP contribution in [0, 0.1) is 0 Å². The average Bonchev–Trinajstić information content (AvgIpc) is 2.40. The topological polar surface area (TPSA) is 35.2 Å². The molecule has 2 aromatic carbocycles. The molecule has 0 amide bonds. The molecule has 0 saturated heterocycles. The van der Waals surface area contributed by atoms with Crippen LogP contribution in [0.2, 0.25) is 10.0 Å². The molecule has 0 bridgehead atoms. The third-order valence-electron chi connectivity index (χ3n) is 2.88. The molecule has 0 aliphatic rings. The van der Waals surface area contributed by atoms with Crippen LogP contribution < -0.4 is 10.5 Å². The summed E-state index contributed by atoms with van der Waals surface area (Å²) in [4.78, 5) is 0. The highest BCUT2D eigenvalue weighted by Gasteiger charge is 2.10. The molecule has 0 radical (unpaired) electrons. The number of hydrogen-bond acceptors (Lipinski definition) is 2. The Hall–Kier alpha value is -0.740. The Balaban J connectivity index is 2.22. The Morgan fingerprint density at radius 2 is 2.00 bits per heavy atom. The van der Waals surface area contributed by atoms with E-state index in [-0.39, 0.29) is 6.04 Å². The van der Waals surface area contributed by atoms with Gasteiger partial charge in [-0.05, 0) is 25.1 Å². The summed E-state index contributed by atoms with van der Waals surface area (Å²) in [7, 11) is 0. The summed E-state index contributed by atoms with van der Waals surface area (Å²) < 4.78 is 6.79. The van der Waals surface area contributed by atoms with Gasteiger partial charge < -0.3 is 10.5 Å². The lowest BCUT2D eigenvalue weighted by molar-refractivity contribution is 0.301. The second kappa shape index (κ2) is 6.81. The smallest absolute Gasteiger partial charge is 0.125 e. The summed E-state index contributed by atoms with van der Waals surface area (Å²) in [5, 5.41) is 1.04. The molecule has 0 aromatic heterocycles. The Kier molecular flexibility index (Phi) is 5.33. The fourth-order valence-corrected chi connectivity index (χ4v) is 2.54. The van der Waals surface area contributed by atoms with Crippen LogP contribution in [0.25, 0.3) is 0 Å². The Morgan fingerprint density at radius 1 is 1.25 bits per heavy atom. The van der Waals surface area contributed by atoms with Gasteiger partial charge in [0.25, 0.3) is 0 Å². The molecule has 5 heteroatoms. The van der Waals surface area contributed by atoms with Crippen molar-refractivity contribution in [2.75, 3.05) is 0 Å². The van der Waals surface area contributed by atoms with E-state index in [1.54, 1.807) is 6.07 Å².